The van der Waals surface area contributed by atoms with Crippen molar-refractivity contribution in [2.24, 2.45) is 0 Å². The SMILES string of the molecule is Cc1nc(CN2CCN(c3ccc(-c4ccccc4)nn3)CC2)no1. The first-order valence-corrected chi connectivity index (χ1v) is 8.43. The highest BCUT2D eigenvalue weighted by molar-refractivity contribution is 5.59. The quantitative estimate of drug-likeness (QED) is 0.723. The molecule has 0 bridgehead atoms. The number of hydrogen-bond acceptors (Lipinski definition) is 7. The molecule has 2 aromatic heterocycles. The van der Waals surface area contributed by atoms with E-state index in [0.29, 0.717) is 5.89 Å². The van der Waals surface area contributed by atoms with Crippen molar-refractivity contribution in [3.05, 3.63) is 54.2 Å². The van der Waals surface area contributed by atoms with Crippen molar-refractivity contribution in [1.82, 2.24) is 25.2 Å². The Morgan fingerprint density at radius 1 is 0.960 bits per heavy atom. The van der Waals surface area contributed by atoms with Crippen molar-refractivity contribution in [3.63, 3.8) is 0 Å². The zero-order chi connectivity index (χ0) is 17.1. The smallest absolute Gasteiger partial charge is 0.223 e. The van der Waals surface area contributed by atoms with Crippen LogP contribution in [-0.2, 0) is 6.54 Å². The van der Waals surface area contributed by atoms with Crippen molar-refractivity contribution >= 4 is 5.82 Å². The molecule has 3 heterocycles. The lowest BCUT2D eigenvalue weighted by molar-refractivity contribution is 0.239. The first-order valence-electron chi connectivity index (χ1n) is 8.43. The second-order valence-electron chi connectivity index (χ2n) is 6.14. The van der Waals surface area contributed by atoms with E-state index in [9.17, 15) is 0 Å². The molecule has 0 atom stereocenters. The lowest BCUT2D eigenvalue weighted by Crippen LogP contribution is -2.46. The Bertz CT molecular complexity index is 809. The Morgan fingerprint density at radius 3 is 2.40 bits per heavy atom. The van der Waals surface area contributed by atoms with Gasteiger partial charge in [0.2, 0.25) is 5.89 Å². The fourth-order valence-electron chi connectivity index (χ4n) is 3.00. The normalized spacial score (nSPS) is 15.5. The van der Waals surface area contributed by atoms with Crippen molar-refractivity contribution in [2.45, 2.75) is 13.5 Å². The van der Waals surface area contributed by atoms with Crippen LogP contribution in [0.2, 0.25) is 0 Å². The Morgan fingerprint density at radius 2 is 1.76 bits per heavy atom. The summed E-state index contributed by atoms with van der Waals surface area (Å²) in [6, 6.07) is 14.2. The molecule has 7 heteroatoms. The Kier molecular flexibility index (Phi) is 4.39. The Hall–Kier alpha value is -2.80. The molecule has 1 aliphatic heterocycles. The van der Waals surface area contributed by atoms with Crippen LogP contribution in [0.1, 0.15) is 11.7 Å². The summed E-state index contributed by atoms with van der Waals surface area (Å²) < 4.78 is 5.03. The Balaban J connectivity index is 1.36. The van der Waals surface area contributed by atoms with Gasteiger partial charge in [-0.1, -0.05) is 35.5 Å². The monoisotopic (exact) mass is 336 g/mol. The maximum Gasteiger partial charge on any atom is 0.223 e. The third-order valence-electron chi connectivity index (χ3n) is 4.35. The minimum atomic E-state index is 0.613. The molecule has 0 spiro atoms. The van der Waals surface area contributed by atoms with Crippen molar-refractivity contribution in [2.75, 3.05) is 31.1 Å². The lowest BCUT2D eigenvalue weighted by atomic mass is 10.1. The summed E-state index contributed by atoms with van der Waals surface area (Å²) in [5.74, 6) is 2.29. The van der Waals surface area contributed by atoms with Gasteiger partial charge in [0, 0.05) is 38.7 Å². The second kappa shape index (κ2) is 6.98. The van der Waals surface area contributed by atoms with Crippen LogP contribution in [0.25, 0.3) is 11.3 Å². The van der Waals surface area contributed by atoms with Crippen molar-refractivity contribution in [1.29, 1.82) is 0 Å². The van der Waals surface area contributed by atoms with Gasteiger partial charge in [0.15, 0.2) is 11.6 Å². The third kappa shape index (κ3) is 3.66. The number of anilines is 1. The second-order valence-corrected chi connectivity index (χ2v) is 6.14. The topological polar surface area (TPSA) is 71.2 Å². The molecule has 0 radical (unpaired) electrons. The standard InChI is InChI=1S/C18H20N6O/c1-14-19-17(22-25-14)13-23-9-11-24(12-10-23)18-8-7-16(20-21-18)15-5-3-2-4-6-15/h2-8H,9-13H2,1H3. The van der Waals surface area contributed by atoms with Gasteiger partial charge in [0.25, 0.3) is 0 Å². The number of benzene rings is 1. The van der Waals surface area contributed by atoms with Gasteiger partial charge in [0.1, 0.15) is 0 Å². The maximum atomic E-state index is 5.03. The highest BCUT2D eigenvalue weighted by Gasteiger charge is 2.20. The van der Waals surface area contributed by atoms with E-state index in [0.717, 1.165) is 55.6 Å². The molecular weight excluding hydrogens is 316 g/mol. The van der Waals surface area contributed by atoms with Crippen LogP contribution in [0, 0.1) is 6.92 Å². The zero-order valence-electron chi connectivity index (χ0n) is 14.2. The molecule has 0 unspecified atom stereocenters. The molecule has 1 aromatic carbocycles. The molecule has 0 N–H and O–H groups in total. The summed E-state index contributed by atoms with van der Waals surface area (Å²) >= 11 is 0. The summed E-state index contributed by atoms with van der Waals surface area (Å²) in [5, 5.41) is 12.7. The minimum Gasteiger partial charge on any atom is -0.353 e. The van der Waals surface area contributed by atoms with Gasteiger partial charge in [-0.2, -0.15) is 4.98 Å². The van der Waals surface area contributed by atoms with E-state index >= 15 is 0 Å². The van der Waals surface area contributed by atoms with Gasteiger partial charge in [-0.3, -0.25) is 4.90 Å². The van der Waals surface area contributed by atoms with Crippen molar-refractivity contribution in [3.8, 4) is 11.3 Å². The Labute approximate surface area is 146 Å². The van der Waals surface area contributed by atoms with Gasteiger partial charge < -0.3 is 9.42 Å². The van der Waals surface area contributed by atoms with Crippen LogP contribution in [0.3, 0.4) is 0 Å². The van der Waals surface area contributed by atoms with E-state index in [1.165, 1.54) is 0 Å². The van der Waals surface area contributed by atoms with E-state index in [1.807, 2.05) is 49.4 Å². The predicted molar refractivity (Wildman–Crippen MR) is 94.0 cm³/mol. The zero-order valence-corrected chi connectivity index (χ0v) is 14.2. The molecule has 7 nitrogen and oxygen atoms in total. The summed E-state index contributed by atoms with van der Waals surface area (Å²) in [5.41, 5.74) is 1.98. The summed E-state index contributed by atoms with van der Waals surface area (Å²) in [6.07, 6.45) is 0. The van der Waals surface area contributed by atoms with Gasteiger partial charge in [0.05, 0.1) is 12.2 Å². The predicted octanol–water partition coefficient (Wildman–Crippen LogP) is 2.16. The third-order valence-corrected chi connectivity index (χ3v) is 4.35. The molecule has 3 aromatic rings. The van der Waals surface area contributed by atoms with Crippen LogP contribution >= 0.6 is 0 Å². The molecule has 1 saturated heterocycles. The first kappa shape index (κ1) is 15.7. The average Bonchev–Trinajstić information content (AvgIpc) is 3.08. The number of aromatic nitrogens is 4. The van der Waals surface area contributed by atoms with Crippen molar-refractivity contribution < 1.29 is 4.52 Å². The summed E-state index contributed by atoms with van der Waals surface area (Å²) in [6.45, 7) is 6.24. The van der Waals surface area contributed by atoms with E-state index in [1.54, 1.807) is 0 Å². The highest BCUT2D eigenvalue weighted by atomic mass is 16.5. The maximum absolute atomic E-state index is 5.03. The number of nitrogens with zero attached hydrogens (tertiary/aromatic N) is 6. The molecule has 1 aliphatic rings. The molecule has 4 rings (SSSR count). The molecule has 25 heavy (non-hydrogen) atoms. The molecule has 0 amide bonds. The number of piperazine rings is 1. The van der Waals surface area contributed by atoms with Crippen LogP contribution < -0.4 is 4.90 Å². The fraction of sp³-hybridized carbons (Fsp3) is 0.333. The number of rotatable bonds is 4. The van der Waals surface area contributed by atoms with Crippen LogP contribution in [-0.4, -0.2) is 51.4 Å². The molecule has 128 valence electrons. The van der Waals surface area contributed by atoms with Gasteiger partial charge in [-0.25, -0.2) is 0 Å². The van der Waals surface area contributed by atoms with Gasteiger partial charge in [-0.05, 0) is 12.1 Å². The fourth-order valence-corrected chi connectivity index (χ4v) is 3.00. The number of aryl methyl sites for hydroxylation is 1. The van der Waals surface area contributed by atoms with Crippen LogP contribution in [0.4, 0.5) is 5.82 Å². The van der Waals surface area contributed by atoms with E-state index in [4.69, 9.17) is 4.52 Å². The van der Waals surface area contributed by atoms with E-state index < -0.39 is 0 Å². The van der Waals surface area contributed by atoms with Crippen LogP contribution in [0.5, 0.6) is 0 Å². The average molecular weight is 336 g/mol. The highest BCUT2D eigenvalue weighted by Crippen LogP contribution is 2.19. The van der Waals surface area contributed by atoms with E-state index in [2.05, 4.69) is 30.1 Å². The minimum absolute atomic E-state index is 0.613. The molecule has 0 saturated carbocycles. The van der Waals surface area contributed by atoms with Gasteiger partial charge in [-0.15, -0.1) is 10.2 Å². The largest absolute Gasteiger partial charge is 0.353 e. The first-order chi connectivity index (χ1) is 12.3. The lowest BCUT2D eigenvalue weighted by Gasteiger charge is -2.34. The van der Waals surface area contributed by atoms with Crippen LogP contribution in [0.15, 0.2) is 47.0 Å². The van der Waals surface area contributed by atoms with Gasteiger partial charge >= 0.3 is 0 Å². The molecule has 1 fully saturated rings. The number of hydrogen-bond donors (Lipinski definition) is 0. The molecular formula is C18H20N6O. The van der Waals surface area contributed by atoms with E-state index in [-0.39, 0.29) is 0 Å². The summed E-state index contributed by atoms with van der Waals surface area (Å²) in [7, 11) is 0. The summed E-state index contributed by atoms with van der Waals surface area (Å²) in [4.78, 5) is 8.85. The molecule has 0 aliphatic carbocycles.